The maximum Gasteiger partial charge on any atom is 0.330 e. The second-order valence-corrected chi connectivity index (χ2v) is 4.00. The molecule has 1 atom stereocenters. The zero-order valence-electron chi connectivity index (χ0n) is 10.2. The van der Waals surface area contributed by atoms with E-state index in [9.17, 15) is 9.18 Å². The fourth-order valence-electron chi connectivity index (χ4n) is 1.97. The highest BCUT2D eigenvalue weighted by Crippen LogP contribution is 2.16. The van der Waals surface area contributed by atoms with Crippen LogP contribution in [0.2, 0.25) is 0 Å². The molecule has 1 fully saturated rings. The van der Waals surface area contributed by atoms with Gasteiger partial charge < -0.3 is 15.0 Å². The van der Waals surface area contributed by atoms with E-state index in [1.807, 2.05) is 4.90 Å². The summed E-state index contributed by atoms with van der Waals surface area (Å²) in [5, 5.41) is 3.14. The number of nitrogens with zero attached hydrogens (tertiary/aromatic N) is 2. The fourth-order valence-corrected chi connectivity index (χ4v) is 1.97. The lowest BCUT2D eigenvalue weighted by molar-refractivity contribution is -0.144. The van der Waals surface area contributed by atoms with Gasteiger partial charge in [-0.3, -0.25) is 0 Å². The van der Waals surface area contributed by atoms with Crippen molar-refractivity contribution in [3.63, 3.8) is 0 Å². The highest BCUT2D eigenvalue weighted by atomic mass is 19.1. The van der Waals surface area contributed by atoms with Gasteiger partial charge in [-0.2, -0.15) is 0 Å². The number of carbonyl (C=O) groups excluding carboxylic acids is 1. The van der Waals surface area contributed by atoms with Crippen LogP contribution in [0.25, 0.3) is 0 Å². The van der Waals surface area contributed by atoms with Gasteiger partial charge >= 0.3 is 5.97 Å². The van der Waals surface area contributed by atoms with Crippen LogP contribution in [0.1, 0.15) is 6.92 Å². The van der Waals surface area contributed by atoms with E-state index in [1.165, 1.54) is 6.07 Å². The molecule has 1 aliphatic heterocycles. The van der Waals surface area contributed by atoms with Crippen LogP contribution in [-0.2, 0) is 9.53 Å². The van der Waals surface area contributed by atoms with Crippen molar-refractivity contribution >= 4 is 11.8 Å². The molecule has 18 heavy (non-hydrogen) atoms. The first-order chi connectivity index (χ1) is 8.72. The van der Waals surface area contributed by atoms with Gasteiger partial charge in [0.25, 0.3) is 0 Å². The summed E-state index contributed by atoms with van der Waals surface area (Å²) < 4.78 is 17.9. The minimum Gasteiger partial charge on any atom is -0.464 e. The first-order valence-corrected chi connectivity index (χ1v) is 5.98. The van der Waals surface area contributed by atoms with E-state index in [1.54, 1.807) is 13.0 Å². The Balaban J connectivity index is 2.17. The van der Waals surface area contributed by atoms with E-state index in [2.05, 4.69) is 10.3 Å². The van der Waals surface area contributed by atoms with Crippen molar-refractivity contribution in [3.8, 4) is 0 Å². The van der Waals surface area contributed by atoms with Crippen LogP contribution in [0.3, 0.4) is 0 Å². The fraction of sp³-hybridized carbons (Fsp3) is 0.500. The molecular formula is C12H16FN3O2. The van der Waals surface area contributed by atoms with Crippen molar-refractivity contribution < 1.29 is 13.9 Å². The molecule has 2 rings (SSSR count). The number of carbonyl (C=O) groups is 1. The third-order valence-electron chi connectivity index (χ3n) is 2.81. The van der Waals surface area contributed by atoms with Gasteiger partial charge in [0, 0.05) is 19.6 Å². The molecule has 98 valence electrons. The standard InChI is InChI=1S/C12H16FN3O2/c1-2-18-12(17)10-8-14-5-6-16(10)11-4-3-9(13)7-15-11/h3-4,7,10,14H,2,5-6,8H2,1H3. The second-order valence-electron chi connectivity index (χ2n) is 4.00. The van der Waals surface area contributed by atoms with Gasteiger partial charge in [0.15, 0.2) is 0 Å². The Morgan fingerprint density at radius 2 is 2.50 bits per heavy atom. The van der Waals surface area contributed by atoms with Crippen molar-refractivity contribution in [1.29, 1.82) is 0 Å². The lowest BCUT2D eigenvalue weighted by Crippen LogP contribution is -2.56. The predicted molar refractivity (Wildman–Crippen MR) is 64.8 cm³/mol. The van der Waals surface area contributed by atoms with Crippen LogP contribution >= 0.6 is 0 Å². The topological polar surface area (TPSA) is 54.5 Å². The summed E-state index contributed by atoms with van der Waals surface area (Å²) in [6.07, 6.45) is 1.15. The summed E-state index contributed by atoms with van der Waals surface area (Å²) in [5.41, 5.74) is 0. The summed E-state index contributed by atoms with van der Waals surface area (Å²) >= 11 is 0. The Hall–Kier alpha value is -1.69. The summed E-state index contributed by atoms with van der Waals surface area (Å²) in [6, 6.07) is 2.51. The Bertz CT molecular complexity index is 410. The van der Waals surface area contributed by atoms with Gasteiger partial charge in [-0.25, -0.2) is 14.2 Å². The molecule has 1 N–H and O–H groups in total. The highest BCUT2D eigenvalue weighted by Gasteiger charge is 2.30. The molecule has 1 saturated heterocycles. The molecule has 0 aliphatic carbocycles. The zero-order chi connectivity index (χ0) is 13.0. The molecule has 0 radical (unpaired) electrons. The number of aromatic nitrogens is 1. The first kappa shape index (κ1) is 12.8. The maximum absolute atomic E-state index is 12.8. The van der Waals surface area contributed by atoms with Crippen LogP contribution in [-0.4, -0.2) is 43.2 Å². The quantitative estimate of drug-likeness (QED) is 0.798. The smallest absolute Gasteiger partial charge is 0.330 e. The molecule has 6 heteroatoms. The van der Waals surface area contributed by atoms with E-state index >= 15 is 0 Å². The maximum atomic E-state index is 12.8. The molecule has 2 heterocycles. The number of hydrogen-bond acceptors (Lipinski definition) is 5. The van der Waals surface area contributed by atoms with Gasteiger partial charge in [0.05, 0.1) is 12.8 Å². The molecule has 1 aromatic rings. The number of pyridine rings is 1. The number of anilines is 1. The second kappa shape index (κ2) is 5.77. The van der Waals surface area contributed by atoms with Crippen molar-refractivity contribution in [2.45, 2.75) is 13.0 Å². The number of halogens is 1. The lowest BCUT2D eigenvalue weighted by Gasteiger charge is -2.35. The first-order valence-electron chi connectivity index (χ1n) is 5.98. The van der Waals surface area contributed by atoms with Crippen molar-refractivity contribution in [3.05, 3.63) is 24.1 Å². The zero-order valence-corrected chi connectivity index (χ0v) is 10.2. The van der Waals surface area contributed by atoms with Crippen LogP contribution in [0.4, 0.5) is 10.2 Å². The van der Waals surface area contributed by atoms with Crippen molar-refractivity contribution in [1.82, 2.24) is 10.3 Å². The Kier molecular flexibility index (Phi) is 4.09. The minimum absolute atomic E-state index is 0.282. The van der Waals surface area contributed by atoms with E-state index in [4.69, 9.17) is 4.74 Å². The Labute approximate surface area is 105 Å². The highest BCUT2D eigenvalue weighted by molar-refractivity contribution is 5.80. The molecule has 1 unspecified atom stereocenters. The monoisotopic (exact) mass is 253 g/mol. The lowest BCUT2D eigenvalue weighted by atomic mass is 10.2. The number of ether oxygens (including phenoxy) is 1. The molecule has 1 aliphatic rings. The minimum atomic E-state index is -0.406. The molecule has 0 bridgehead atoms. The molecule has 0 saturated carbocycles. The Morgan fingerprint density at radius 1 is 1.67 bits per heavy atom. The molecule has 0 amide bonds. The summed E-state index contributed by atoms with van der Waals surface area (Å²) in [4.78, 5) is 17.7. The number of rotatable bonds is 3. The van der Waals surface area contributed by atoms with Crippen molar-refractivity contribution in [2.24, 2.45) is 0 Å². The Morgan fingerprint density at radius 3 is 3.17 bits per heavy atom. The van der Waals surface area contributed by atoms with E-state index < -0.39 is 6.04 Å². The number of piperazine rings is 1. The normalized spacial score (nSPS) is 19.7. The summed E-state index contributed by atoms with van der Waals surface area (Å²) in [7, 11) is 0. The van der Waals surface area contributed by atoms with Gasteiger partial charge in [-0.15, -0.1) is 0 Å². The summed E-state index contributed by atoms with van der Waals surface area (Å²) in [5.74, 6) is -0.0756. The third kappa shape index (κ3) is 2.76. The van der Waals surface area contributed by atoms with Gasteiger partial charge in [-0.05, 0) is 19.1 Å². The van der Waals surface area contributed by atoms with Crippen LogP contribution in [0.15, 0.2) is 18.3 Å². The predicted octanol–water partition coefficient (Wildman–Crippen LogP) is 0.562. The molecular weight excluding hydrogens is 237 g/mol. The van der Waals surface area contributed by atoms with Gasteiger partial charge in [0.1, 0.15) is 17.7 Å². The third-order valence-corrected chi connectivity index (χ3v) is 2.81. The van der Waals surface area contributed by atoms with Crippen LogP contribution in [0.5, 0.6) is 0 Å². The van der Waals surface area contributed by atoms with E-state index in [-0.39, 0.29) is 11.8 Å². The molecule has 0 spiro atoms. The van der Waals surface area contributed by atoms with Gasteiger partial charge in [-0.1, -0.05) is 0 Å². The van der Waals surface area contributed by atoms with Gasteiger partial charge in [0.2, 0.25) is 0 Å². The van der Waals surface area contributed by atoms with Crippen LogP contribution in [0, 0.1) is 5.82 Å². The number of esters is 1. The number of nitrogens with one attached hydrogen (secondary N) is 1. The number of hydrogen-bond donors (Lipinski definition) is 1. The SMILES string of the molecule is CCOC(=O)C1CNCCN1c1ccc(F)cn1. The average Bonchev–Trinajstić information content (AvgIpc) is 2.40. The molecule has 1 aromatic heterocycles. The van der Waals surface area contributed by atoms with Crippen LogP contribution < -0.4 is 10.2 Å². The van der Waals surface area contributed by atoms with Crippen molar-refractivity contribution in [2.75, 3.05) is 31.1 Å². The summed E-state index contributed by atoms with van der Waals surface area (Å²) in [6.45, 7) is 4.03. The van der Waals surface area contributed by atoms with E-state index in [0.717, 1.165) is 12.7 Å². The largest absolute Gasteiger partial charge is 0.464 e. The molecule has 0 aromatic carbocycles. The molecule has 5 nitrogen and oxygen atoms in total. The average molecular weight is 253 g/mol. The van der Waals surface area contributed by atoms with E-state index in [0.29, 0.717) is 25.5 Å².